The van der Waals surface area contributed by atoms with Gasteiger partial charge in [0.25, 0.3) is 0 Å². The number of amides is 1. The first-order chi connectivity index (χ1) is 9.67. The van der Waals surface area contributed by atoms with Crippen LogP contribution in [0.3, 0.4) is 0 Å². The minimum absolute atomic E-state index is 0.0970. The van der Waals surface area contributed by atoms with Gasteiger partial charge in [-0.2, -0.15) is 0 Å². The number of benzene rings is 1. The molecule has 0 atom stereocenters. The van der Waals surface area contributed by atoms with Crippen LogP contribution in [0, 0.1) is 5.41 Å². The van der Waals surface area contributed by atoms with Crippen molar-refractivity contribution in [2.75, 3.05) is 10.6 Å². The van der Waals surface area contributed by atoms with Crippen LogP contribution in [0.4, 0.5) is 10.8 Å². The van der Waals surface area contributed by atoms with Crippen LogP contribution in [0.25, 0.3) is 0 Å². The first kappa shape index (κ1) is 14.2. The first-order valence-corrected chi connectivity index (χ1v) is 7.12. The number of aromatic nitrogens is 1. The van der Waals surface area contributed by atoms with Gasteiger partial charge in [0.05, 0.1) is 12.0 Å². The molecule has 0 bridgehead atoms. The van der Waals surface area contributed by atoms with E-state index in [4.69, 9.17) is 5.41 Å². The summed E-state index contributed by atoms with van der Waals surface area (Å²) in [4.78, 5) is 15.3. The molecule has 0 aliphatic rings. The van der Waals surface area contributed by atoms with Gasteiger partial charge in [-0.15, -0.1) is 11.3 Å². The van der Waals surface area contributed by atoms with Gasteiger partial charge in [-0.3, -0.25) is 10.2 Å². The molecule has 0 spiro atoms. The van der Waals surface area contributed by atoms with Gasteiger partial charge >= 0.3 is 0 Å². The number of nitrogens with zero attached hydrogens (tertiary/aromatic N) is 1. The zero-order valence-electron chi connectivity index (χ0n) is 11.1. The maximum absolute atomic E-state index is 10.9. The molecule has 104 valence electrons. The second kappa shape index (κ2) is 6.81. The molecule has 20 heavy (non-hydrogen) atoms. The topological polar surface area (TPSA) is 77.9 Å². The van der Waals surface area contributed by atoms with Gasteiger partial charge in [0.15, 0.2) is 5.13 Å². The molecular formula is C14H16N4OS. The van der Waals surface area contributed by atoms with E-state index in [1.54, 1.807) is 0 Å². The summed E-state index contributed by atoms with van der Waals surface area (Å²) in [6.45, 7) is 1.48. The molecule has 0 unspecified atom stereocenters. The van der Waals surface area contributed by atoms with Crippen LogP contribution in [0.15, 0.2) is 29.6 Å². The zero-order chi connectivity index (χ0) is 14.4. The molecule has 0 saturated carbocycles. The smallest absolute Gasteiger partial charge is 0.223 e. The van der Waals surface area contributed by atoms with Crippen molar-refractivity contribution in [1.29, 1.82) is 5.41 Å². The van der Waals surface area contributed by atoms with E-state index in [-0.39, 0.29) is 5.91 Å². The summed E-state index contributed by atoms with van der Waals surface area (Å²) in [6.07, 6.45) is 2.90. The molecule has 1 aromatic carbocycles. The van der Waals surface area contributed by atoms with Crippen molar-refractivity contribution in [1.82, 2.24) is 4.98 Å². The number of rotatable bonds is 6. The first-order valence-electron chi connectivity index (χ1n) is 6.24. The van der Waals surface area contributed by atoms with Crippen LogP contribution >= 0.6 is 11.3 Å². The molecule has 0 aliphatic carbocycles. The van der Waals surface area contributed by atoms with Crippen molar-refractivity contribution < 1.29 is 4.79 Å². The predicted molar refractivity (Wildman–Crippen MR) is 82.7 cm³/mol. The lowest BCUT2D eigenvalue weighted by atomic mass is 10.1. The summed E-state index contributed by atoms with van der Waals surface area (Å²) in [5, 5.41) is 15.1. The third kappa shape index (κ3) is 4.17. The van der Waals surface area contributed by atoms with Crippen LogP contribution in [0.1, 0.15) is 18.2 Å². The van der Waals surface area contributed by atoms with Crippen molar-refractivity contribution in [2.45, 2.75) is 19.8 Å². The van der Waals surface area contributed by atoms with Gasteiger partial charge in [-0.25, -0.2) is 4.98 Å². The summed E-state index contributed by atoms with van der Waals surface area (Å²) in [6, 6.07) is 7.97. The molecule has 1 heterocycles. The molecule has 2 aromatic rings. The highest BCUT2D eigenvalue weighted by Crippen LogP contribution is 2.17. The van der Waals surface area contributed by atoms with Gasteiger partial charge < -0.3 is 10.6 Å². The van der Waals surface area contributed by atoms with Gasteiger partial charge in [0.2, 0.25) is 5.91 Å². The van der Waals surface area contributed by atoms with Crippen LogP contribution in [-0.4, -0.2) is 17.2 Å². The van der Waals surface area contributed by atoms with Gasteiger partial charge in [0, 0.05) is 18.0 Å². The fraction of sp³-hybridized carbons (Fsp3) is 0.214. The van der Waals surface area contributed by atoms with Gasteiger partial charge in [-0.1, -0.05) is 12.1 Å². The Morgan fingerprint density at radius 1 is 1.35 bits per heavy atom. The number of nitrogens with one attached hydrogen (secondary N) is 3. The predicted octanol–water partition coefficient (Wildman–Crippen LogP) is 2.91. The van der Waals surface area contributed by atoms with E-state index < -0.39 is 0 Å². The monoisotopic (exact) mass is 288 g/mol. The van der Waals surface area contributed by atoms with E-state index in [9.17, 15) is 4.79 Å². The highest BCUT2D eigenvalue weighted by atomic mass is 32.1. The van der Waals surface area contributed by atoms with E-state index in [2.05, 4.69) is 15.6 Å². The number of aryl methyl sites for hydroxylation is 2. The van der Waals surface area contributed by atoms with Crippen LogP contribution in [0.5, 0.6) is 0 Å². The summed E-state index contributed by atoms with van der Waals surface area (Å²) in [7, 11) is 0. The summed E-state index contributed by atoms with van der Waals surface area (Å²) in [5.74, 6) is -0.0970. The Morgan fingerprint density at radius 3 is 2.75 bits per heavy atom. The van der Waals surface area contributed by atoms with Crippen LogP contribution < -0.4 is 10.6 Å². The maximum Gasteiger partial charge on any atom is 0.223 e. The van der Waals surface area contributed by atoms with Gasteiger partial charge in [-0.05, 0) is 30.5 Å². The second-order valence-corrected chi connectivity index (χ2v) is 5.17. The second-order valence-electron chi connectivity index (χ2n) is 4.31. The summed E-state index contributed by atoms with van der Waals surface area (Å²) in [5.41, 5.74) is 3.11. The van der Waals surface area contributed by atoms with E-state index in [0.717, 1.165) is 30.6 Å². The molecule has 0 radical (unpaired) electrons. The zero-order valence-corrected chi connectivity index (χ0v) is 12.0. The number of anilines is 2. The Hall–Kier alpha value is -2.21. The number of thiazole rings is 1. The number of carbonyl (C=O) groups is 1. The maximum atomic E-state index is 10.9. The van der Waals surface area contributed by atoms with E-state index in [1.807, 2.05) is 29.6 Å². The van der Waals surface area contributed by atoms with Crippen LogP contribution in [0.2, 0.25) is 0 Å². The summed E-state index contributed by atoms with van der Waals surface area (Å²) >= 11 is 1.44. The molecule has 1 amide bonds. The molecule has 0 saturated heterocycles. The SMILES string of the molecule is CC(=O)Nc1nc(CCc2ccc(NC=N)cc2)cs1. The lowest BCUT2D eigenvalue weighted by Crippen LogP contribution is -2.05. The quantitative estimate of drug-likeness (QED) is 0.565. The highest BCUT2D eigenvalue weighted by Gasteiger charge is 2.04. The van der Waals surface area contributed by atoms with Crippen molar-refractivity contribution in [2.24, 2.45) is 0 Å². The number of hydrogen-bond acceptors (Lipinski definition) is 4. The molecule has 1 aromatic heterocycles. The van der Waals surface area contributed by atoms with E-state index >= 15 is 0 Å². The minimum Gasteiger partial charge on any atom is -0.347 e. The fourth-order valence-electron chi connectivity index (χ4n) is 1.75. The average molecular weight is 288 g/mol. The van der Waals surface area contributed by atoms with Crippen LogP contribution in [-0.2, 0) is 17.6 Å². The third-order valence-electron chi connectivity index (χ3n) is 2.70. The van der Waals surface area contributed by atoms with E-state index in [1.165, 1.54) is 23.8 Å². The molecule has 6 heteroatoms. The number of hydrogen-bond donors (Lipinski definition) is 3. The Labute approximate surface area is 121 Å². The largest absolute Gasteiger partial charge is 0.347 e. The average Bonchev–Trinajstić information content (AvgIpc) is 2.85. The Balaban J connectivity index is 1.89. The van der Waals surface area contributed by atoms with Crippen molar-refractivity contribution in [3.8, 4) is 0 Å². The standard InChI is InChI=1S/C14H16N4OS/c1-10(19)17-14-18-13(8-20-14)7-4-11-2-5-12(6-3-11)16-9-15/h2-3,5-6,8-9H,4,7H2,1H3,(H2,15,16)(H,17,18,19). The fourth-order valence-corrected chi connectivity index (χ4v) is 2.54. The molecule has 0 fully saturated rings. The Bertz CT molecular complexity index is 591. The lowest BCUT2D eigenvalue weighted by molar-refractivity contribution is -0.114. The van der Waals surface area contributed by atoms with Gasteiger partial charge in [0.1, 0.15) is 0 Å². The minimum atomic E-state index is -0.0970. The van der Waals surface area contributed by atoms with Crippen molar-refractivity contribution >= 4 is 34.4 Å². The third-order valence-corrected chi connectivity index (χ3v) is 3.50. The van der Waals surface area contributed by atoms with Crippen molar-refractivity contribution in [3.05, 3.63) is 40.9 Å². The Morgan fingerprint density at radius 2 is 2.10 bits per heavy atom. The summed E-state index contributed by atoms with van der Waals surface area (Å²) < 4.78 is 0. The normalized spacial score (nSPS) is 10.1. The van der Waals surface area contributed by atoms with Crippen molar-refractivity contribution in [3.63, 3.8) is 0 Å². The Kier molecular flexibility index (Phi) is 4.84. The number of carbonyl (C=O) groups excluding carboxylic acids is 1. The lowest BCUT2D eigenvalue weighted by Gasteiger charge is -2.02. The molecule has 2 rings (SSSR count). The molecular weight excluding hydrogens is 272 g/mol. The van der Waals surface area contributed by atoms with E-state index in [0.29, 0.717) is 5.13 Å². The highest BCUT2D eigenvalue weighted by molar-refractivity contribution is 7.13. The molecule has 3 N–H and O–H groups in total. The molecule has 0 aliphatic heterocycles. The molecule has 5 nitrogen and oxygen atoms in total.